The van der Waals surface area contributed by atoms with Crippen molar-refractivity contribution in [1.29, 1.82) is 0 Å². The second kappa shape index (κ2) is 26.1. The van der Waals surface area contributed by atoms with Crippen LogP contribution >= 0.6 is 0 Å². The Balaban J connectivity index is 0. The van der Waals surface area contributed by atoms with Crippen LogP contribution in [0.5, 0.6) is 0 Å². The summed E-state index contributed by atoms with van der Waals surface area (Å²) in [5, 5.41) is 16.6. The van der Waals surface area contributed by atoms with Gasteiger partial charge < -0.3 is 26.8 Å². The van der Waals surface area contributed by atoms with Crippen molar-refractivity contribution in [2.24, 2.45) is 5.73 Å². The normalized spacial score (nSPS) is 9.04. The van der Waals surface area contributed by atoms with Gasteiger partial charge in [-0.15, -0.1) is 0 Å². The fraction of sp³-hybridized carbons (Fsp3) is 0.333. The van der Waals surface area contributed by atoms with Gasteiger partial charge in [-0.25, -0.2) is 4.79 Å². The van der Waals surface area contributed by atoms with Crippen molar-refractivity contribution in [3.63, 3.8) is 0 Å². The lowest BCUT2D eigenvalue weighted by Crippen LogP contribution is -2.37. The lowest BCUT2D eigenvalue weighted by molar-refractivity contribution is -0.127. The van der Waals surface area contributed by atoms with Crippen LogP contribution in [-0.2, 0) is 22.7 Å². The number of carbonyl (C=O) groups is 6. The lowest BCUT2D eigenvalue weighted by Gasteiger charge is -2.08. The molecule has 6 N–H and O–H groups in total. The Morgan fingerprint density at radius 3 is 1.62 bits per heavy atom. The van der Waals surface area contributed by atoms with Gasteiger partial charge in [0.1, 0.15) is 5.78 Å². The molecule has 256 valence electrons. The van der Waals surface area contributed by atoms with Crippen LogP contribution in [0.15, 0.2) is 72.8 Å². The summed E-state index contributed by atoms with van der Waals surface area (Å²) in [5.41, 5.74) is 8.56. The summed E-state index contributed by atoms with van der Waals surface area (Å²) in [7, 11) is 0. The average Bonchev–Trinajstić information content (AvgIpc) is 3.10. The molecule has 0 aliphatic heterocycles. The molecule has 0 unspecified atom stereocenters. The highest BCUT2D eigenvalue weighted by Crippen LogP contribution is 2.07. The lowest BCUT2D eigenvalue weighted by atomic mass is 10.1. The van der Waals surface area contributed by atoms with Gasteiger partial charge in [-0.3, -0.25) is 24.0 Å². The summed E-state index contributed by atoms with van der Waals surface area (Å²) in [6.07, 6.45) is -0.0589. The smallest absolute Gasteiger partial charge is 0.335 e. The van der Waals surface area contributed by atoms with E-state index in [-0.39, 0.29) is 41.7 Å². The third-order valence-corrected chi connectivity index (χ3v) is 5.55. The monoisotopic (exact) mass is 650 g/mol. The van der Waals surface area contributed by atoms with E-state index >= 15 is 0 Å². The number of ketones is 2. The van der Waals surface area contributed by atoms with E-state index in [0.29, 0.717) is 24.2 Å². The number of hydrogen-bond donors (Lipinski definition) is 5. The SMILES string of the molecule is CC.CC.CC.CC(=O)CC(=O)NCc1cccc(CN)c1.CC(=O)c1ccc(C(=O)NCNC(=O)c2cccc(C(=O)O)c2)cc1. The molecule has 11 heteroatoms. The van der Waals surface area contributed by atoms with Gasteiger partial charge in [0.05, 0.1) is 18.7 Å². The molecule has 0 fully saturated rings. The van der Waals surface area contributed by atoms with Gasteiger partial charge in [0.25, 0.3) is 11.8 Å². The Morgan fingerprint density at radius 1 is 0.617 bits per heavy atom. The number of rotatable bonds is 11. The highest BCUT2D eigenvalue weighted by atomic mass is 16.4. The van der Waals surface area contributed by atoms with Crippen molar-refractivity contribution in [2.45, 2.75) is 74.9 Å². The Hall–Kier alpha value is -5.16. The molecule has 0 aliphatic carbocycles. The molecule has 3 aromatic carbocycles. The van der Waals surface area contributed by atoms with Crippen molar-refractivity contribution in [1.82, 2.24) is 16.0 Å². The second-order valence-electron chi connectivity index (χ2n) is 8.89. The van der Waals surface area contributed by atoms with E-state index < -0.39 is 17.8 Å². The fourth-order valence-electron chi connectivity index (χ4n) is 3.41. The first-order valence-electron chi connectivity index (χ1n) is 15.5. The predicted molar refractivity (Wildman–Crippen MR) is 185 cm³/mol. The van der Waals surface area contributed by atoms with Crippen molar-refractivity contribution < 1.29 is 33.9 Å². The number of carbonyl (C=O) groups excluding carboxylic acids is 5. The molecule has 3 amide bonds. The van der Waals surface area contributed by atoms with Crippen molar-refractivity contribution >= 4 is 35.3 Å². The summed E-state index contributed by atoms with van der Waals surface area (Å²) in [6.45, 7) is 15.6. The minimum absolute atomic E-state index is 0.00208. The maximum Gasteiger partial charge on any atom is 0.335 e. The molecule has 0 bridgehead atoms. The number of carboxylic acid groups (broad SMARTS) is 1. The first-order valence-corrected chi connectivity index (χ1v) is 15.5. The molecular formula is C36H50N4O7. The summed E-state index contributed by atoms with van der Waals surface area (Å²) in [5.74, 6) is -2.51. The number of Topliss-reactive ketones (excluding diaryl/α,β-unsaturated/α-hetero) is 2. The van der Waals surface area contributed by atoms with Crippen LogP contribution in [0.2, 0.25) is 0 Å². The number of carboxylic acids is 1. The zero-order valence-corrected chi connectivity index (χ0v) is 28.7. The minimum Gasteiger partial charge on any atom is -0.478 e. The number of aromatic carboxylic acids is 1. The van der Waals surface area contributed by atoms with E-state index in [1.165, 1.54) is 50.2 Å². The second-order valence-corrected chi connectivity index (χ2v) is 8.89. The molecule has 47 heavy (non-hydrogen) atoms. The summed E-state index contributed by atoms with van der Waals surface area (Å²) in [6, 6.07) is 19.4. The standard InChI is InChI=1S/C18H16N2O5.C12H16N2O2.3C2H6/c1-11(21)12-5-7-13(8-6-12)16(22)19-10-20-17(23)14-3-2-4-15(9-14)18(24)25;1-9(15)5-12(16)14-8-11-4-2-3-10(6-11)7-13;3*1-2/h2-9H,10H2,1H3,(H,19,22)(H,20,23)(H,24,25);2-4,6H,5,7-8,13H2,1H3,(H,14,16);3*1-2H3. The molecule has 3 aromatic rings. The molecule has 3 rings (SSSR count). The molecule has 0 saturated carbocycles. The summed E-state index contributed by atoms with van der Waals surface area (Å²) < 4.78 is 0. The zero-order chi connectivity index (χ0) is 36.4. The Labute approximate surface area is 278 Å². The maximum absolute atomic E-state index is 12.0. The van der Waals surface area contributed by atoms with Gasteiger partial charge in [0, 0.05) is 29.8 Å². The molecule has 0 spiro atoms. The third-order valence-electron chi connectivity index (χ3n) is 5.55. The molecule has 0 radical (unpaired) electrons. The molecule has 11 nitrogen and oxygen atoms in total. The van der Waals surface area contributed by atoms with Crippen LogP contribution in [0.3, 0.4) is 0 Å². The van der Waals surface area contributed by atoms with E-state index in [1.807, 2.05) is 65.8 Å². The number of nitrogens with one attached hydrogen (secondary N) is 3. The molecular weight excluding hydrogens is 600 g/mol. The van der Waals surface area contributed by atoms with Gasteiger partial charge in [0.15, 0.2) is 5.78 Å². The first-order chi connectivity index (χ1) is 22.5. The Kier molecular flexibility index (Phi) is 24.4. The number of amides is 3. The molecule has 0 aromatic heterocycles. The zero-order valence-electron chi connectivity index (χ0n) is 28.7. The van der Waals surface area contributed by atoms with E-state index in [0.717, 1.165) is 11.1 Å². The topological polar surface area (TPSA) is 185 Å². The number of nitrogens with two attached hydrogens (primary N) is 1. The van der Waals surface area contributed by atoms with Gasteiger partial charge in [-0.05, 0) is 55.3 Å². The van der Waals surface area contributed by atoms with Crippen LogP contribution in [0, 0.1) is 0 Å². The van der Waals surface area contributed by atoms with Crippen LogP contribution in [-0.4, -0.2) is 47.0 Å². The van der Waals surface area contributed by atoms with Gasteiger partial charge in [0.2, 0.25) is 5.91 Å². The fourth-order valence-corrected chi connectivity index (χ4v) is 3.41. The van der Waals surface area contributed by atoms with Gasteiger partial charge in [-0.2, -0.15) is 0 Å². The number of benzene rings is 3. The number of hydrogen-bond acceptors (Lipinski definition) is 7. The largest absolute Gasteiger partial charge is 0.478 e. The van der Waals surface area contributed by atoms with E-state index in [2.05, 4.69) is 16.0 Å². The molecule has 0 saturated heterocycles. The van der Waals surface area contributed by atoms with Crippen LogP contribution in [0.1, 0.15) is 114 Å². The van der Waals surface area contributed by atoms with Crippen molar-refractivity contribution in [2.75, 3.05) is 6.67 Å². The van der Waals surface area contributed by atoms with E-state index in [4.69, 9.17) is 10.8 Å². The van der Waals surface area contributed by atoms with E-state index in [1.54, 1.807) is 12.1 Å². The van der Waals surface area contributed by atoms with Gasteiger partial charge in [-0.1, -0.05) is 84.0 Å². The van der Waals surface area contributed by atoms with Crippen molar-refractivity contribution in [3.05, 3.63) is 106 Å². The van der Waals surface area contributed by atoms with E-state index in [9.17, 15) is 28.8 Å². The van der Waals surface area contributed by atoms with Crippen LogP contribution in [0.4, 0.5) is 0 Å². The highest BCUT2D eigenvalue weighted by molar-refractivity contribution is 5.99. The molecule has 0 heterocycles. The maximum atomic E-state index is 12.0. The Morgan fingerprint density at radius 2 is 1.11 bits per heavy atom. The quantitative estimate of drug-likeness (QED) is 0.102. The summed E-state index contributed by atoms with van der Waals surface area (Å²) in [4.78, 5) is 67.9. The molecule has 0 aliphatic rings. The van der Waals surface area contributed by atoms with Gasteiger partial charge >= 0.3 is 5.97 Å². The highest BCUT2D eigenvalue weighted by Gasteiger charge is 2.11. The summed E-state index contributed by atoms with van der Waals surface area (Å²) >= 11 is 0. The Bertz CT molecular complexity index is 1420. The van der Waals surface area contributed by atoms with Crippen LogP contribution < -0.4 is 21.7 Å². The van der Waals surface area contributed by atoms with Crippen LogP contribution in [0.25, 0.3) is 0 Å². The third kappa shape index (κ3) is 18.4. The minimum atomic E-state index is -1.13. The molecule has 0 atom stereocenters. The van der Waals surface area contributed by atoms with Crippen molar-refractivity contribution in [3.8, 4) is 0 Å². The first kappa shape index (κ1) is 44.0. The average molecular weight is 651 g/mol. The predicted octanol–water partition coefficient (Wildman–Crippen LogP) is 5.52.